The monoisotopic (exact) mass is 394 g/mol. The molecule has 4 heteroatoms. The smallest absolute Gasteiger partial charge is 0.319 e. The summed E-state index contributed by atoms with van der Waals surface area (Å²) in [5.74, 6) is 1.48. The minimum atomic E-state index is -0.274. The number of ether oxygens (including phenoxy) is 1. The van der Waals surface area contributed by atoms with Gasteiger partial charge in [0.15, 0.2) is 0 Å². The van der Waals surface area contributed by atoms with E-state index in [2.05, 4.69) is 10.6 Å². The Hall–Kier alpha value is -4.05. The van der Waals surface area contributed by atoms with Crippen LogP contribution in [0.5, 0.6) is 11.5 Å². The number of nitrogens with one attached hydrogen (secondary N) is 2. The maximum absolute atomic E-state index is 12.7. The average molecular weight is 394 g/mol. The number of benzene rings is 4. The van der Waals surface area contributed by atoms with Gasteiger partial charge < -0.3 is 15.4 Å². The predicted molar refractivity (Wildman–Crippen MR) is 120 cm³/mol. The standard InChI is InChI=1S/C26H22N2O2/c29-26(27-22-16-18-24(19-17-22)30-23-14-8-3-9-15-23)28-25(20-10-4-1-5-11-20)21-12-6-2-7-13-21/h1-19,25H,(H2,27,28,29). The van der Waals surface area contributed by atoms with Crippen LogP contribution in [0.3, 0.4) is 0 Å². The molecule has 4 aromatic rings. The quantitative estimate of drug-likeness (QED) is 0.398. The molecule has 0 heterocycles. The second kappa shape index (κ2) is 9.43. The Labute approximate surface area is 176 Å². The molecule has 0 saturated heterocycles. The van der Waals surface area contributed by atoms with Crippen LogP contribution in [0.4, 0.5) is 10.5 Å². The summed E-state index contributed by atoms with van der Waals surface area (Å²) in [6.45, 7) is 0. The number of urea groups is 1. The van der Waals surface area contributed by atoms with E-state index in [1.807, 2.05) is 115 Å². The molecule has 0 unspecified atom stereocenters. The van der Waals surface area contributed by atoms with Crippen molar-refractivity contribution in [3.8, 4) is 11.5 Å². The second-order valence-electron chi connectivity index (χ2n) is 6.79. The molecule has 0 fully saturated rings. The molecule has 0 saturated carbocycles. The largest absolute Gasteiger partial charge is 0.457 e. The molecule has 0 radical (unpaired) electrons. The first-order valence-electron chi connectivity index (χ1n) is 9.78. The van der Waals surface area contributed by atoms with Crippen LogP contribution in [0.25, 0.3) is 0 Å². The van der Waals surface area contributed by atoms with Crippen LogP contribution in [-0.2, 0) is 0 Å². The van der Waals surface area contributed by atoms with E-state index in [1.54, 1.807) is 0 Å². The van der Waals surface area contributed by atoms with Crippen LogP contribution in [-0.4, -0.2) is 6.03 Å². The zero-order valence-corrected chi connectivity index (χ0v) is 16.4. The molecule has 0 bridgehead atoms. The van der Waals surface area contributed by atoms with Crippen molar-refractivity contribution in [1.82, 2.24) is 5.32 Å². The van der Waals surface area contributed by atoms with E-state index in [4.69, 9.17) is 4.74 Å². The number of anilines is 1. The van der Waals surface area contributed by atoms with Gasteiger partial charge in [0.1, 0.15) is 11.5 Å². The van der Waals surface area contributed by atoms with Crippen molar-refractivity contribution in [3.05, 3.63) is 126 Å². The number of hydrogen-bond donors (Lipinski definition) is 2. The molecule has 0 aliphatic carbocycles. The Balaban J connectivity index is 1.43. The molecule has 0 aliphatic heterocycles. The van der Waals surface area contributed by atoms with Gasteiger partial charge in [-0.25, -0.2) is 4.79 Å². The number of carbonyl (C=O) groups excluding carboxylic acids is 1. The summed E-state index contributed by atoms with van der Waals surface area (Å²) in [5, 5.41) is 5.97. The van der Waals surface area contributed by atoms with Crippen molar-refractivity contribution >= 4 is 11.7 Å². The van der Waals surface area contributed by atoms with E-state index in [0.29, 0.717) is 11.4 Å². The van der Waals surface area contributed by atoms with Crippen molar-refractivity contribution in [2.45, 2.75) is 6.04 Å². The number of hydrogen-bond acceptors (Lipinski definition) is 2. The maximum Gasteiger partial charge on any atom is 0.319 e. The Kier molecular flexibility index (Phi) is 6.06. The molecule has 4 rings (SSSR count). The Bertz CT molecular complexity index is 1030. The Morgan fingerprint density at radius 3 is 1.60 bits per heavy atom. The van der Waals surface area contributed by atoms with E-state index in [9.17, 15) is 4.79 Å². The van der Waals surface area contributed by atoms with E-state index >= 15 is 0 Å². The highest BCUT2D eigenvalue weighted by Crippen LogP contribution is 2.24. The molecular formula is C26H22N2O2. The zero-order chi connectivity index (χ0) is 20.6. The fourth-order valence-electron chi connectivity index (χ4n) is 3.18. The molecular weight excluding hydrogens is 372 g/mol. The van der Waals surface area contributed by atoms with Gasteiger partial charge in [-0.3, -0.25) is 0 Å². The highest BCUT2D eigenvalue weighted by Gasteiger charge is 2.16. The summed E-state index contributed by atoms with van der Waals surface area (Å²) in [7, 11) is 0. The third-order valence-corrected chi connectivity index (χ3v) is 4.63. The lowest BCUT2D eigenvalue weighted by atomic mass is 9.99. The molecule has 30 heavy (non-hydrogen) atoms. The average Bonchev–Trinajstić information content (AvgIpc) is 2.81. The van der Waals surface area contributed by atoms with E-state index in [0.717, 1.165) is 16.9 Å². The predicted octanol–water partition coefficient (Wildman–Crippen LogP) is 6.39. The number of carbonyl (C=O) groups is 1. The summed E-state index contributed by atoms with van der Waals surface area (Å²) in [5.41, 5.74) is 2.73. The van der Waals surface area contributed by atoms with Gasteiger partial charge in [0, 0.05) is 5.69 Å². The normalized spacial score (nSPS) is 10.4. The van der Waals surface area contributed by atoms with Crippen molar-refractivity contribution in [1.29, 1.82) is 0 Å². The van der Waals surface area contributed by atoms with E-state index < -0.39 is 0 Å². The summed E-state index contributed by atoms with van der Waals surface area (Å²) in [6, 6.07) is 36.2. The van der Waals surface area contributed by atoms with Crippen LogP contribution in [0, 0.1) is 0 Å². The lowest BCUT2D eigenvalue weighted by Gasteiger charge is -2.20. The van der Waals surface area contributed by atoms with Crippen LogP contribution in [0.15, 0.2) is 115 Å². The van der Waals surface area contributed by atoms with Crippen LogP contribution < -0.4 is 15.4 Å². The number of para-hydroxylation sites is 1. The summed E-state index contributed by atoms with van der Waals surface area (Å²) >= 11 is 0. The summed E-state index contributed by atoms with van der Waals surface area (Å²) in [4.78, 5) is 12.7. The molecule has 4 nitrogen and oxygen atoms in total. The first-order chi connectivity index (χ1) is 14.8. The molecule has 2 N–H and O–H groups in total. The fraction of sp³-hybridized carbons (Fsp3) is 0.0385. The van der Waals surface area contributed by atoms with Crippen LogP contribution in [0.1, 0.15) is 17.2 Å². The molecule has 2 amide bonds. The minimum Gasteiger partial charge on any atom is -0.457 e. The molecule has 4 aromatic carbocycles. The molecule has 0 aliphatic rings. The maximum atomic E-state index is 12.7. The third-order valence-electron chi connectivity index (χ3n) is 4.63. The topological polar surface area (TPSA) is 50.4 Å². The lowest BCUT2D eigenvalue weighted by molar-refractivity contribution is 0.250. The highest BCUT2D eigenvalue weighted by atomic mass is 16.5. The van der Waals surface area contributed by atoms with Crippen molar-refractivity contribution in [2.24, 2.45) is 0 Å². The van der Waals surface area contributed by atoms with Gasteiger partial charge in [0.2, 0.25) is 0 Å². The van der Waals surface area contributed by atoms with Gasteiger partial charge in [-0.2, -0.15) is 0 Å². The van der Waals surface area contributed by atoms with Crippen molar-refractivity contribution in [2.75, 3.05) is 5.32 Å². The highest BCUT2D eigenvalue weighted by molar-refractivity contribution is 5.89. The van der Waals surface area contributed by atoms with E-state index in [1.165, 1.54) is 0 Å². The first-order valence-corrected chi connectivity index (χ1v) is 9.78. The minimum absolute atomic E-state index is 0.243. The Morgan fingerprint density at radius 1 is 0.600 bits per heavy atom. The molecule has 0 spiro atoms. The van der Waals surface area contributed by atoms with Gasteiger partial charge in [0.05, 0.1) is 6.04 Å². The fourth-order valence-corrected chi connectivity index (χ4v) is 3.18. The molecule has 148 valence electrons. The first kappa shape index (κ1) is 19.3. The van der Waals surface area contributed by atoms with Gasteiger partial charge >= 0.3 is 6.03 Å². The van der Waals surface area contributed by atoms with Gasteiger partial charge in [-0.15, -0.1) is 0 Å². The summed E-state index contributed by atoms with van der Waals surface area (Å²) in [6.07, 6.45) is 0. The zero-order valence-electron chi connectivity index (χ0n) is 16.4. The van der Waals surface area contributed by atoms with Gasteiger partial charge in [0.25, 0.3) is 0 Å². The lowest BCUT2D eigenvalue weighted by Crippen LogP contribution is -2.33. The molecule has 0 aromatic heterocycles. The second-order valence-corrected chi connectivity index (χ2v) is 6.79. The number of rotatable bonds is 6. The van der Waals surface area contributed by atoms with Crippen molar-refractivity contribution in [3.63, 3.8) is 0 Å². The number of amides is 2. The SMILES string of the molecule is O=C(Nc1ccc(Oc2ccccc2)cc1)NC(c1ccccc1)c1ccccc1. The van der Waals surface area contributed by atoms with Crippen LogP contribution >= 0.6 is 0 Å². The molecule has 0 atom stereocenters. The Morgan fingerprint density at radius 2 is 1.07 bits per heavy atom. The van der Waals surface area contributed by atoms with Crippen LogP contribution in [0.2, 0.25) is 0 Å². The third kappa shape index (κ3) is 5.06. The van der Waals surface area contributed by atoms with Crippen molar-refractivity contribution < 1.29 is 9.53 Å². The van der Waals surface area contributed by atoms with Gasteiger partial charge in [-0.05, 0) is 47.5 Å². The summed E-state index contributed by atoms with van der Waals surface area (Å²) < 4.78 is 5.79. The van der Waals surface area contributed by atoms with Gasteiger partial charge in [-0.1, -0.05) is 78.9 Å². The van der Waals surface area contributed by atoms with E-state index in [-0.39, 0.29) is 12.1 Å².